The Morgan fingerprint density at radius 2 is 1.95 bits per heavy atom. The third-order valence-corrected chi connectivity index (χ3v) is 3.23. The van der Waals surface area contributed by atoms with Crippen molar-refractivity contribution in [3.05, 3.63) is 54.4 Å². The quantitative estimate of drug-likeness (QED) is 0.721. The Morgan fingerprint density at radius 1 is 1.10 bits per heavy atom. The fourth-order valence-electron chi connectivity index (χ4n) is 2.17. The smallest absolute Gasteiger partial charge is 0.163 e. The predicted molar refractivity (Wildman–Crippen MR) is 79.4 cm³/mol. The van der Waals surface area contributed by atoms with Gasteiger partial charge in [-0.2, -0.15) is 0 Å². The molecule has 4 heteroatoms. The third kappa shape index (κ3) is 2.12. The van der Waals surface area contributed by atoms with Gasteiger partial charge in [-0.25, -0.2) is 4.98 Å². The van der Waals surface area contributed by atoms with Gasteiger partial charge in [0.2, 0.25) is 0 Å². The molecular formula is C16H13N3O. The number of hydrogen-bond donors (Lipinski definition) is 1. The predicted octanol–water partition coefficient (Wildman–Crippen LogP) is 3.08. The van der Waals surface area contributed by atoms with E-state index in [0.717, 1.165) is 22.0 Å². The van der Waals surface area contributed by atoms with Gasteiger partial charge in [-0.1, -0.05) is 12.1 Å². The van der Waals surface area contributed by atoms with Gasteiger partial charge in [0.1, 0.15) is 5.82 Å². The molecule has 0 aliphatic rings. The van der Waals surface area contributed by atoms with Crippen LogP contribution in [-0.2, 0) is 0 Å². The van der Waals surface area contributed by atoms with Crippen molar-refractivity contribution in [1.29, 1.82) is 0 Å². The lowest BCUT2D eigenvalue weighted by Crippen LogP contribution is -2.02. The number of pyridine rings is 2. The Labute approximate surface area is 116 Å². The first-order valence-electron chi connectivity index (χ1n) is 6.27. The minimum Gasteiger partial charge on any atom is -0.383 e. The molecule has 0 saturated carbocycles. The van der Waals surface area contributed by atoms with Gasteiger partial charge in [0.05, 0.1) is 11.1 Å². The number of ketones is 1. The van der Waals surface area contributed by atoms with Crippen molar-refractivity contribution in [1.82, 2.24) is 9.97 Å². The minimum absolute atomic E-state index is 0.0840. The lowest BCUT2D eigenvalue weighted by Gasteiger charge is -2.06. The first-order chi connectivity index (χ1) is 9.65. The van der Waals surface area contributed by atoms with Crippen LogP contribution in [0, 0.1) is 0 Å². The number of nitrogen functional groups attached to an aromatic ring is 1. The van der Waals surface area contributed by atoms with Crippen LogP contribution in [0.25, 0.3) is 22.0 Å². The molecule has 0 unspecified atom stereocenters. The Hall–Kier alpha value is -2.75. The number of benzene rings is 1. The van der Waals surface area contributed by atoms with Crippen molar-refractivity contribution in [2.45, 2.75) is 6.92 Å². The topological polar surface area (TPSA) is 68.9 Å². The van der Waals surface area contributed by atoms with Crippen LogP contribution >= 0.6 is 0 Å². The molecule has 0 radical (unpaired) electrons. The second-order valence-electron chi connectivity index (χ2n) is 4.62. The Balaban J connectivity index is 2.15. The van der Waals surface area contributed by atoms with Crippen molar-refractivity contribution >= 4 is 22.5 Å². The summed E-state index contributed by atoms with van der Waals surface area (Å²) in [7, 11) is 0. The van der Waals surface area contributed by atoms with Crippen LogP contribution in [0.4, 0.5) is 5.82 Å². The number of fused-ring (bicyclic) bond motifs is 1. The van der Waals surface area contributed by atoms with Crippen LogP contribution in [0.3, 0.4) is 0 Å². The second-order valence-corrected chi connectivity index (χ2v) is 4.62. The number of carbonyl (C=O) groups excluding carboxylic acids is 1. The molecule has 0 bridgehead atoms. The van der Waals surface area contributed by atoms with Crippen LogP contribution in [-0.4, -0.2) is 15.8 Å². The summed E-state index contributed by atoms with van der Waals surface area (Å²) in [6, 6.07) is 11.6. The summed E-state index contributed by atoms with van der Waals surface area (Å²) < 4.78 is 0. The van der Waals surface area contributed by atoms with Gasteiger partial charge in [0.25, 0.3) is 0 Å². The first kappa shape index (κ1) is 12.3. The molecule has 0 fully saturated rings. The second kappa shape index (κ2) is 4.74. The van der Waals surface area contributed by atoms with Crippen LogP contribution < -0.4 is 5.73 Å². The highest BCUT2D eigenvalue weighted by Crippen LogP contribution is 2.25. The van der Waals surface area contributed by atoms with E-state index in [4.69, 9.17) is 5.73 Å². The summed E-state index contributed by atoms with van der Waals surface area (Å²) in [5.74, 6) is 0.183. The van der Waals surface area contributed by atoms with Gasteiger partial charge < -0.3 is 5.73 Å². The Bertz CT molecular complexity index is 812. The lowest BCUT2D eigenvalue weighted by atomic mass is 10.0. The highest BCUT2D eigenvalue weighted by Gasteiger charge is 2.09. The van der Waals surface area contributed by atoms with Crippen LogP contribution in [0.15, 0.2) is 48.8 Å². The Kier molecular flexibility index (Phi) is 2.91. The summed E-state index contributed by atoms with van der Waals surface area (Å²) in [4.78, 5) is 19.9. The molecule has 0 amide bonds. The van der Waals surface area contributed by atoms with Crippen molar-refractivity contribution < 1.29 is 4.79 Å². The molecular weight excluding hydrogens is 250 g/mol. The molecule has 3 aromatic rings. The molecule has 0 saturated heterocycles. The van der Waals surface area contributed by atoms with E-state index < -0.39 is 0 Å². The van der Waals surface area contributed by atoms with Crippen molar-refractivity contribution in [3.63, 3.8) is 0 Å². The number of nitrogens with zero attached hydrogens (tertiary/aromatic N) is 2. The normalized spacial score (nSPS) is 10.7. The standard InChI is InChI=1S/C16H13N3O/c1-10(20)14-8-13(9-19-16(14)17)11-4-5-15-12(7-11)3-2-6-18-15/h2-9H,1H3,(H2,17,19). The van der Waals surface area contributed by atoms with E-state index in [1.54, 1.807) is 18.5 Å². The monoisotopic (exact) mass is 263 g/mol. The van der Waals surface area contributed by atoms with Gasteiger partial charge in [0, 0.05) is 23.3 Å². The Morgan fingerprint density at radius 3 is 2.75 bits per heavy atom. The van der Waals surface area contributed by atoms with E-state index in [1.807, 2.05) is 30.3 Å². The molecule has 0 aliphatic carbocycles. The molecule has 98 valence electrons. The van der Waals surface area contributed by atoms with Crippen LogP contribution in [0.2, 0.25) is 0 Å². The molecule has 0 spiro atoms. The molecule has 2 heterocycles. The fraction of sp³-hybridized carbons (Fsp3) is 0.0625. The molecule has 20 heavy (non-hydrogen) atoms. The molecule has 1 aromatic carbocycles. The van der Waals surface area contributed by atoms with Crippen LogP contribution in [0.1, 0.15) is 17.3 Å². The number of carbonyl (C=O) groups is 1. The average Bonchev–Trinajstić information content (AvgIpc) is 2.47. The summed E-state index contributed by atoms with van der Waals surface area (Å²) in [6.45, 7) is 1.49. The van der Waals surface area contributed by atoms with Gasteiger partial charge in [0.15, 0.2) is 5.78 Å². The first-order valence-corrected chi connectivity index (χ1v) is 6.27. The van der Waals surface area contributed by atoms with Crippen molar-refractivity contribution in [2.75, 3.05) is 5.73 Å². The third-order valence-electron chi connectivity index (χ3n) is 3.23. The lowest BCUT2D eigenvalue weighted by molar-refractivity contribution is 0.101. The fourth-order valence-corrected chi connectivity index (χ4v) is 2.17. The molecule has 2 N–H and O–H groups in total. The number of aromatic nitrogens is 2. The zero-order valence-corrected chi connectivity index (χ0v) is 11.0. The number of nitrogens with two attached hydrogens (primary N) is 1. The van der Waals surface area contributed by atoms with Gasteiger partial charge in [-0.05, 0) is 36.8 Å². The molecule has 4 nitrogen and oxygen atoms in total. The van der Waals surface area contributed by atoms with E-state index in [-0.39, 0.29) is 11.6 Å². The van der Waals surface area contributed by atoms with E-state index in [1.165, 1.54) is 6.92 Å². The number of hydrogen-bond acceptors (Lipinski definition) is 4. The van der Waals surface area contributed by atoms with Gasteiger partial charge in [-0.15, -0.1) is 0 Å². The van der Waals surface area contributed by atoms with E-state index in [0.29, 0.717) is 5.56 Å². The highest BCUT2D eigenvalue weighted by atomic mass is 16.1. The highest BCUT2D eigenvalue weighted by molar-refractivity contribution is 5.99. The maximum Gasteiger partial charge on any atom is 0.163 e. The number of Topliss-reactive ketones (excluding diaryl/α,β-unsaturated/α-hetero) is 1. The molecule has 3 rings (SSSR count). The summed E-state index contributed by atoms with van der Waals surface area (Å²) in [6.07, 6.45) is 3.44. The number of rotatable bonds is 2. The zero-order valence-electron chi connectivity index (χ0n) is 11.0. The van der Waals surface area contributed by atoms with Gasteiger partial charge >= 0.3 is 0 Å². The maximum absolute atomic E-state index is 11.5. The van der Waals surface area contributed by atoms with E-state index in [9.17, 15) is 4.79 Å². The molecule has 0 aliphatic heterocycles. The van der Waals surface area contributed by atoms with Gasteiger partial charge in [-0.3, -0.25) is 9.78 Å². The van der Waals surface area contributed by atoms with Crippen LogP contribution in [0.5, 0.6) is 0 Å². The zero-order chi connectivity index (χ0) is 14.1. The van der Waals surface area contributed by atoms with Crippen molar-refractivity contribution in [2.24, 2.45) is 0 Å². The largest absolute Gasteiger partial charge is 0.383 e. The minimum atomic E-state index is -0.0840. The average molecular weight is 263 g/mol. The molecule has 0 atom stereocenters. The summed E-state index contributed by atoms with van der Waals surface area (Å²) in [5, 5.41) is 1.05. The number of anilines is 1. The summed E-state index contributed by atoms with van der Waals surface area (Å²) in [5.41, 5.74) is 8.96. The van der Waals surface area contributed by atoms with E-state index in [2.05, 4.69) is 9.97 Å². The summed E-state index contributed by atoms with van der Waals surface area (Å²) >= 11 is 0. The van der Waals surface area contributed by atoms with Crippen molar-refractivity contribution in [3.8, 4) is 11.1 Å². The maximum atomic E-state index is 11.5. The SMILES string of the molecule is CC(=O)c1cc(-c2ccc3ncccc3c2)cnc1N. The molecule has 2 aromatic heterocycles. The van der Waals surface area contributed by atoms with E-state index >= 15 is 0 Å².